The van der Waals surface area contributed by atoms with Crippen LogP contribution in [0.3, 0.4) is 0 Å². The normalized spacial score (nSPS) is 14.1. The highest BCUT2D eigenvalue weighted by atomic mass is 32.1. The number of allylic oxidation sites excluding steroid dienone is 2. The van der Waals surface area contributed by atoms with E-state index >= 15 is 0 Å². The second-order valence-corrected chi connectivity index (χ2v) is 7.97. The molecule has 2 heterocycles. The summed E-state index contributed by atoms with van der Waals surface area (Å²) < 4.78 is 1.57. The van der Waals surface area contributed by atoms with Crippen molar-refractivity contribution < 1.29 is 15.0 Å². The van der Waals surface area contributed by atoms with Gasteiger partial charge in [0.05, 0.1) is 10.6 Å². The van der Waals surface area contributed by atoms with E-state index < -0.39 is 5.97 Å². The van der Waals surface area contributed by atoms with Crippen LogP contribution in [-0.2, 0) is 17.8 Å². The third kappa shape index (κ3) is 3.42. The molecular formula is C21H16N2O3S2. The summed E-state index contributed by atoms with van der Waals surface area (Å²) in [5.74, 6) is -1.17. The van der Waals surface area contributed by atoms with Gasteiger partial charge in [0.25, 0.3) is 0 Å². The molecule has 0 saturated carbocycles. The second kappa shape index (κ2) is 7.53. The molecule has 0 aliphatic carbocycles. The van der Waals surface area contributed by atoms with Gasteiger partial charge in [0.2, 0.25) is 5.88 Å². The van der Waals surface area contributed by atoms with E-state index in [-0.39, 0.29) is 12.4 Å². The standard InChI is InChI=1S/C21H16N2O3S2/c24-18(25)12-23-20(26)19(28-21(23)27)15(10-13-6-2-1-3-7-13)16-11-22-17-9-5-4-8-14(16)17/h1-9,11,26H,10,12H2,(H,24,25). The van der Waals surface area contributed by atoms with Crippen LogP contribution in [0.4, 0.5) is 5.69 Å². The molecule has 4 rings (SSSR count). The van der Waals surface area contributed by atoms with Crippen molar-refractivity contribution in [3.05, 3.63) is 74.6 Å². The Morgan fingerprint density at radius 3 is 2.57 bits per heavy atom. The minimum Gasteiger partial charge on any atom is -0.493 e. The molecule has 0 amide bonds. The topological polar surface area (TPSA) is 74.8 Å². The number of benzene rings is 2. The quantitative estimate of drug-likeness (QED) is 0.587. The average molecular weight is 409 g/mol. The van der Waals surface area contributed by atoms with Crippen LogP contribution >= 0.6 is 23.6 Å². The smallest absolute Gasteiger partial charge is 0.323 e. The minimum atomic E-state index is -1.05. The summed E-state index contributed by atoms with van der Waals surface area (Å²) >= 11 is 6.53. The molecule has 1 aliphatic rings. The lowest BCUT2D eigenvalue weighted by Gasteiger charge is -2.11. The lowest BCUT2D eigenvalue weighted by Crippen LogP contribution is -2.08. The number of hydrogen-bond acceptors (Lipinski definition) is 5. The first-order valence-electron chi connectivity index (χ1n) is 8.60. The van der Waals surface area contributed by atoms with Crippen LogP contribution in [0.5, 0.6) is 5.88 Å². The van der Waals surface area contributed by atoms with E-state index in [2.05, 4.69) is 4.99 Å². The number of aromatic hydroxyl groups is 1. The Bertz CT molecular complexity index is 1170. The van der Waals surface area contributed by atoms with E-state index in [1.54, 1.807) is 6.21 Å². The molecule has 2 aromatic carbocycles. The van der Waals surface area contributed by atoms with Gasteiger partial charge in [-0.2, -0.15) is 0 Å². The van der Waals surface area contributed by atoms with Crippen molar-refractivity contribution in [2.45, 2.75) is 13.0 Å². The molecule has 0 fully saturated rings. The zero-order chi connectivity index (χ0) is 19.7. The van der Waals surface area contributed by atoms with E-state index in [1.807, 2.05) is 54.6 Å². The summed E-state index contributed by atoms with van der Waals surface area (Å²) in [7, 11) is 0. The summed E-state index contributed by atoms with van der Waals surface area (Å²) in [6, 6.07) is 17.7. The highest BCUT2D eigenvalue weighted by molar-refractivity contribution is 7.73. The number of fused-ring (bicyclic) bond motifs is 1. The largest absolute Gasteiger partial charge is 0.493 e. The third-order valence-corrected chi connectivity index (χ3v) is 6.01. The Labute approximate surface area is 170 Å². The van der Waals surface area contributed by atoms with Crippen molar-refractivity contribution in [1.29, 1.82) is 0 Å². The predicted molar refractivity (Wildman–Crippen MR) is 114 cm³/mol. The van der Waals surface area contributed by atoms with Gasteiger partial charge in [-0.3, -0.25) is 14.4 Å². The van der Waals surface area contributed by atoms with Crippen LogP contribution < -0.4 is 0 Å². The second-order valence-electron chi connectivity index (χ2n) is 6.33. The molecule has 0 radical (unpaired) electrons. The van der Waals surface area contributed by atoms with E-state index in [1.165, 1.54) is 15.9 Å². The zero-order valence-corrected chi connectivity index (χ0v) is 16.3. The van der Waals surface area contributed by atoms with Gasteiger partial charge >= 0.3 is 5.97 Å². The lowest BCUT2D eigenvalue weighted by atomic mass is 9.95. The predicted octanol–water partition coefficient (Wildman–Crippen LogP) is 4.94. The van der Waals surface area contributed by atoms with Crippen LogP contribution in [-0.4, -0.2) is 27.0 Å². The number of aliphatic carboxylic acids is 1. The maximum Gasteiger partial charge on any atom is 0.323 e. The fourth-order valence-electron chi connectivity index (χ4n) is 3.22. The number of carboxylic acids is 1. The van der Waals surface area contributed by atoms with E-state index in [4.69, 9.17) is 17.3 Å². The summed E-state index contributed by atoms with van der Waals surface area (Å²) in [5, 5.41) is 19.9. The van der Waals surface area contributed by atoms with Crippen LogP contribution in [0.1, 0.15) is 16.0 Å². The van der Waals surface area contributed by atoms with Gasteiger partial charge in [0, 0.05) is 17.4 Å². The number of nitrogens with zero attached hydrogens (tertiary/aromatic N) is 2. The first-order valence-corrected chi connectivity index (χ1v) is 9.82. The van der Waals surface area contributed by atoms with E-state index in [9.17, 15) is 9.90 Å². The van der Waals surface area contributed by atoms with Crippen LogP contribution in [0, 0.1) is 3.95 Å². The number of thiazole rings is 1. The first-order chi connectivity index (χ1) is 13.5. The Morgan fingerprint density at radius 1 is 1.11 bits per heavy atom. The molecule has 2 N–H and O–H groups in total. The Kier molecular flexibility index (Phi) is 4.93. The van der Waals surface area contributed by atoms with Gasteiger partial charge in [-0.1, -0.05) is 48.5 Å². The number of rotatable bonds is 5. The van der Waals surface area contributed by atoms with Crippen molar-refractivity contribution in [2.75, 3.05) is 0 Å². The molecule has 1 aliphatic heterocycles. The van der Waals surface area contributed by atoms with Gasteiger partial charge in [0.1, 0.15) is 6.54 Å². The Balaban J connectivity index is 1.91. The molecule has 7 heteroatoms. The van der Waals surface area contributed by atoms with Crippen LogP contribution in [0.2, 0.25) is 0 Å². The molecule has 28 heavy (non-hydrogen) atoms. The van der Waals surface area contributed by atoms with E-state index in [0.717, 1.165) is 28.0 Å². The molecule has 0 bridgehead atoms. The third-order valence-electron chi connectivity index (χ3n) is 4.51. The van der Waals surface area contributed by atoms with Crippen molar-refractivity contribution >= 4 is 52.6 Å². The van der Waals surface area contributed by atoms with Gasteiger partial charge in [-0.15, -0.1) is 11.3 Å². The Morgan fingerprint density at radius 2 is 1.82 bits per heavy atom. The minimum absolute atomic E-state index is 0.117. The molecule has 0 spiro atoms. The number of carbonyl (C=O) groups is 1. The highest BCUT2D eigenvalue weighted by Crippen LogP contribution is 2.42. The summed E-state index contributed by atoms with van der Waals surface area (Å²) in [5.41, 5.74) is 4.71. The summed E-state index contributed by atoms with van der Waals surface area (Å²) in [6.07, 6.45) is 2.36. The highest BCUT2D eigenvalue weighted by Gasteiger charge is 2.23. The number of hydrogen-bond donors (Lipinski definition) is 2. The maximum atomic E-state index is 11.2. The maximum absolute atomic E-state index is 11.2. The molecule has 3 aromatic rings. The van der Waals surface area contributed by atoms with Crippen LogP contribution in [0.25, 0.3) is 11.1 Å². The number of aromatic nitrogens is 1. The van der Waals surface area contributed by atoms with Gasteiger partial charge < -0.3 is 10.2 Å². The molecular weight excluding hydrogens is 392 g/mol. The van der Waals surface area contributed by atoms with E-state index in [0.29, 0.717) is 15.3 Å². The van der Waals surface area contributed by atoms with Crippen molar-refractivity contribution in [1.82, 2.24) is 4.57 Å². The van der Waals surface area contributed by atoms with Gasteiger partial charge in [-0.05, 0) is 35.8 Å². The Hall–Kier alpha value is -3.03. The summed E-state index contributed by atoms with van der Waals surface area (Å²) in [4.78, 5) is 16.2. The number of para-hydroxylation sites is 1. The number of carboxylic acid groups (broad SMARTS) is 1. The zero-order valence-electron chi connectivity index (χ0n) is 14.7. The molecule has 5 nitrogen and oxygen atoms in total. The van der Waals surface area contributed by atoms with Gasteiger partial charge in [0.15, 0.2) is 3.95 Å². The molecule has 0 unspecified atom stereocenters. The monoisotopic (exact) mass is 408 g/mol. The van der Waals surface area contributed by atoms with Crippen molar-refractivity contribution in [3.8, 4) is 5.88 Å². The fraction of sp³-hybridized carbons (Fsp3) is 0.0952. The summed E-state index contributed by atoms with van der Waals surface area (Å²) in [6.45, 7) is -0.375. The molecule has 0 atom stereocenters. The first kappa shape index (κ1) is 18.3. The van der Waals surface area contributed by atoms with Crippen molar-refractivity contribution in [3.63, 3.8) is 0 Å². The fourth-order valence-corrected chi connectivity index (χ4v) is 4.57. The molecule has 0 saturated heterocycles. The SMILES string of the molecule is O=C(O)Cn1c(O)c(C(Cc2ccccc2)=C2C=Nc3ccccc32)sc1=S. The number of aliphatic imine (C=N–C) groups is 1. The molecule has 1 aromatic heterocycles. The molecule has 140 valence electrons. The lowest BCUT2D eigenvalue weighted by molar-refractivity contribution is -0.137. The van der Waals surface area contributed by atoms with Crippen LogP contribution in [0.15, 0.2) is 59.6 Å². The average Bonchev–Trinajstić information content (AvgIpc) is 3.23. The van der Waals surface area contributed by atoms with Crippen molar-refractivity contribution in [2.24, 2.45) is 4.99 Å². The van der Waals surface area contributed by atoms with Gasteiger partial charge in [-0.25, -0.2) is 0 Å².